The molecule has 1 aromatic rings. The highest BCUT2D eigenvalue weighted by Crippen LogP contribution is 2.23. The van der Waals surface area contributed by atoms with Crippen molar-refractivity contribution < 1.29 is 4.79 Å². The van der Waals surface area contributed by atoms with Crippen LogP contribution in [0.15, 0.2) is 22.7 Å². The number of likely N-dealkylation sites (tertiary alicyclic amines) is 1. The largest absolute Gasteiger partial charge is 0.392 e. The second-order valence-corrected chi connectivity index (χ2v) is 5.91. The van der Waals surface area contributed by atoms with Crippen LogP contribution < -0.4 is 5.73 Å². The Balaban J connectivity index is 2.31. The standard InChI is InChI=1S/C13H15BrN2OS/c1-8-4-5-9(14)7-10(8)13(17)16-6-2-3-11(16)12(15)18/h4-5,7,11H,2-3,6H2,1H3,(H2,15,18). The van der Waals surface area contributed by atoms with Gasteiger partial charge in [0.05, 0.1) is 11.0 Å². The van der Waals surface area contributed by atoms with E-state index < -0.39 is 0 Å². The van der Waals surface area contributed by atoms with E-state index in [-0.39, 0.29) is 11.9 Å². The van der Waals surface area contributed by atoms with Crippen LogP contribution in [0.3, 0.4) is 0 Å². The van der Waals surface area contributed by atoms with Crippen molar-refractivity contribution in [1.82, 2.24) is 4.90 Å². The van der Waals surface area contributed by atoms with Gasteiger partial charge in [0.15, 0.2) is 0 Å². The Morgan fingerprint density at radius 2 is 2.28 bits per heavy atom. The molecular weight excluding hydrogens is 312 g/mol. The summed E-state index contributed by atoms with van der Waals surface area (Å²) < 4.78 is 0.905. The zero-order chi connectivity index (χ0) is 13.3. The number of carbonyl (C=O) groups excluding carboxylic acids is 1. The van der Waals surface area contributed by atoms with Crippen molar-refractivity contribution in [3.8, 4) is 0 Å². The van der Waals surface area contributed by atoms with E-state index in [1.165, 1.54) is 0 Å². The summed E-state index contributed by atoms with van der Waals surface area (Å²) in [7, 11) is 0. The molecule has 1 heterocycles. The van der Waals surface area contributed by atoms with Gasteiger partial charge < -0.3 is 10.6 Å². The van der Waals surface area contributed by atoms with E-state index in [1.807, 2.05) is 25.1 Å². The molecule has 96 valence electrons. The van der Waals surface area contributed by atoms with Crippen molar-refractivity contribution in [3.05, 3.63) is 33.8 Å². The first kappa shape index (κ1) is 13.5. The van der Waals surface area contributed by atoms with Crippen LogP contribution in [-0.2, 0) is 0 Å². The predicted molar refractivity (Wildman–Crippen MR) is 79.7 cm³/mol. The Kier molecular flexibility index (Phi) is 4.02. The summed E-state index contributed by atoms with van der Waals surface area (Å²) in [6, 6.07) is 5.63. The van der Waals surface area contributed by atoms with Crippen LogP contribution in [-0.4, -0.2) is 28.4 Å². The van der Waals surface area contributed by atoms with Crippen LogP contribution >= 0.6 is 28.1 Å². The number of nitrogens with zero attached hydrogens (tertiary/aromatic N) is 1. The Labute approximate surface area is 120 Å². The molecule has 2 rings (SSSR count). The van der Waals surface area contributed by atoms with Crippen LogP contribution in [0.25, 0.3) is 0 Å². The molecule has 2 N–H and O–H groups in total. The molecule has 1 atom stereocenters. The van der Waals surface area contributed by atoms with E-state index in [1.54, 1.807) is 4.90 Å². The second-order valence-electron chi connectivity index (χ2n) is 4.52. The van der Waals surface area contributed by atoms with E-state index in [2.05, 4.69) is 15.9 Å². The lowest BCUT2D eigenvalue weighted by Gasteiger charge is -2.24. The summed E-state index contributed by atoms with van der Waals surface area (Å²) in [5.74, 6) is 0.0177. The van der Waals surface area contributed by atoms with Crippen molar-refractivity contribution in [2.75, 3.05) is 6.54 Å². The SMILES string of the molecule is Cc1ccc(Br)cc1C(=O)N1CCCC1C(N)=S. The number of hydrogen-bond acceptors (Lipinski definition) is 2. The predicted octanol–water partition coefficient (Wildman–Crippen LogP) is 2.65. The van der Waals surface area contributed by atoms with Crippen molar-refractivity contribution in [2.24, 2.45) is 5.73 Å². The van der Waals surface area contributed by atoms with Gasteiger partial charge in [-0.05, 0) is 37.5 Å². The highest BCUT2D eigenvalue weighted by molar-refractivity contribution is 9.10. The molecule has 1 unspecified atom stereocenters. The fourth-order valence-electron chi connectivity index (χ4n) is 2.28. The molecule has 3 nitrogen and oxygen atoms in total. The number of hydrogen-bond donors (Lipinski definition) is 1. The molecule has 1 aliphatic rings. The lowest BCUT2D eigenvalue weighted by Crippen LogP contribution is -2.43. The van der Waals surface area contributed by atoms with Gasteiger partial charge in [-0.2, -0.15) is 0 Å². The van der Waals surface area contributed by atoms with Gasteiger partial charge in [0, 0.05) is 16.6 Å². The number of halogens is 1. The number of aryl methyl sites for hydroxylation is 1. The summed E-state index contributed by atoms with van der Waals surface area (Å²) in [6.07, 6.45) is 1.83. The molecule has 1 aromatic carbocycles. The fourth-order valence-corrected chi connectivity index (χ4v) is 2.89. The number of benzene rings is 1. The molecule has 1 amide bonds. The summed E-state index contributed by atoms with van der Waals surface area (Å²) in [5, 5.41) is 0. The van der Waals surface area contributed by atoms with Crippen LogP contribution in [0.4, 0.5) is 0 Å². The molecule has 1 aliphatic heterocycles. The number of thiocarbonyl (C=S) groups is 1. The minimum Gasteiger partial charge on any atom is -0.392 e. The monoisotopic (exact) mass is 326 g/mol. The van der Waals surface area contributed by atoms with Crippen molar-refractivity contribution in [3.63, 3.8) is 0 Å². The van der Waals surface area contributed by atoms with E-state index >= 15 is 0 Å². The lowest BCUT2D eigenvalue weighted by molar-refractivity contribution is 0.0769. The first-order valence-corrected chi connectivity index (χ1v) is 7.07. The van der Waals surface area contributed by atoms with Gasteiger partial charge in [-0.1, -0.05) is 34.2 Å². The maximum atomic E-state index is 12.5. The number of nitrogens with two attached hydrogens (primary N) is 1. The van der Waals surface area contributed by atoms with Gasteiger partial charge in [-0.3, -0.25) is 4.79 Å². The highest BCUT2D eigenvalue weighted by atomic mass is 79.9. The average molecular weight is 327 g/mol. The van der Waals surface area contributed by atoms with E-state index in [4.69, 9.17) is 18.0 Å². The van der Waals surface area contributed by atoms with Gasteiger partial charge in [-0.25, -0.2) is 0 Å². The Bertz CT molecular complexity index is 504. The fraction of sp³-hybridized carbons (Fsp3) is 0.385. The third kappa shape index (κ3) is 2.57. The first-order chi connectivity index (χ1) is 8.50. The number of rotatable bonds is 2. The van der Waals surface area contributed by atoms with Crippen LogP contribution in [0.5, 0.6) is 0 Å². The Hall–Kier alpha value is -0.940. The summed E-state index contributed by atoms with van der Waals surface area (Å²) in [6.45, 7) is 2.66. The maximum Gasteiger partial charge on any atom is 0.254 e. The molecule has 5 heteroatoms. The van der Waals surface area contributed by atoms with E-state index in [0.717, 1.165) is 29.4 Å². The molecule has 0 spiro atoms. The molecule has 18 heavy (non-hydrogen) atoms. The highest BCUT2D eigenvalue weighted by Gasteiger charge is 2.31. The quantitative estimate of drug-likeness (QED) is 0.850. The number of amides is 1. The summed E-state index contributed by atoms with van der Waals surface area (Å²) in [5.41, 5.74) is 7.38. The molecule has 1 fully saturated rings. The number of carbonyl (C=O) groups is 1. The summed E-state index contributed by atoms with van der Waals surface area (Å²) in [4.78, 5) is 14.7. The molecular formula is C13H15BrN2OS. The topological polar surface area (TPSA) is 46.3 Å². The molecule has 0 saturated carbocycles. The van der Waals surface area contributed by atoms with Gasteiger partial charge in [0.25, 0.3) is 5.91 Å². The van der Waals surface area contributed by atoms with Crippen molar-refractivity contribution >= 4 is 39.0 Å². The molecule has 0 aromatic heterocycles. The summed E-state index contributed by atoms with van der Waals surface area (Å²) >= 11 is 8.43. The van der Waals surface area contributed by atoms with Gasteiger partial charge in [0.2, 0.25) is 0 Å². The smallest absolute Gasteiger partial charge is 0.254 e. The third-order valence-electron chi connectivity index (χ3n) is 3.27. The zero-order valence-corrected chi connectivity index (χ0v) is 12.6. The van der Waals surface area contributed by atoms with Crippen LogP contribution in [0, 0.1) is 6.92 Å². The van der Waals surface area contributed by atoms with Crippen LogP contribution in [0.2, 0.25) is 0 Å². The molecule has 1 saturated heterocycles. The van der Waals surface area contributed by atoms with E-state index in [0.29, 0.717) is 10.6 Å². The van der Waals surface area contributed by atoms with Crippen LogP contribution in [0.1, 0.15) is 28.8 Å². The molecule has 0 aliphatic carbocycles. The molecule has 0 radical (unpaired) electrons. The van der Waals surface area contributed by atoms with Gasteiger partial charge in [0.1, 0.15) is 0 Å². The zero-order valence-electron chi connectivity index (χ0n) is 10.1. The lowest BCUT2D eigenvalue weighted by atomic mass is 10.1. The third-order valence-corrected chi connectivity index (χ3v) is 4.04. The van der Waals surface area contributed by atoms with Crippen molar-refractivity contribution in [2.45, 2.75) is 25.8 Å². The maximum absolute atomic E-state index is 12.5. The Morgan fingerprint density at radius 3 is 2.94 bits per heavy atom. The normalized spacial score (nSPS) is 19.0. The minimum atomic E-state index is -0.0918. The van der Waals surface area contributed by atoms with Gasteiger partial charge >= 0.3 is 0 Å². The van der Waals surface area contributed by atoms with E-state index in [9.17, 15) is 4.79 Å². The molecule has 0 bridgehead atoms. The second kappa shape index (κ2) is 5.36. The first-order valence-electron chi connectivity index (χ1n) is 5.87. The Morgan fingerprint density at radius 1 is 1.56 bits per heavy atom. The average Bonchev–Trinajstić information content (AvgIpc) is 2.80. The van der Waals surface area contributed by atoms with Crippen molar-refractivity contribution in [1.29, 1.82) is 0 Å². The van der Waals surface area contributed by atoms with Gasteiger partial charge in [-0.15, -0.1) is 0 Å². The minimum absolute atomic E-state index is 0.0177.